The number of nitro benzene ring substituents is 1. The van der Waals surface area contributed by atoms with Crippen LogP contribution in [0.25, 0.3) is 0 Å². The van der Waals surface area contributed by atoms with E-state index in [1.807, 2.05) is 13.0 Å². The molecule has 0 unspecified atom stereocenters. The number of rotatable bonds is 3. The van der Waals surface area contributed by atoms with Crippen molar-refractivity contribution in [2.45, 2.75) is 6.92 Å². The lowest BCUT2D eigenvalue weighted by Gasteiger charge is -2.36. The topological polar surface area (TPSA) is 62.5 Å². The Morgan fingerprint density at radius 2 is 1.95 bits per heavy atom. The first-order valence-corrected chi connectivity index (χ1v) is 8.58. The molecule has 1 fully saturated rings. The molecule has 0 amide bonds. The summed E-state index contributed by atoms with van der Waals surface area (Å²) in [5, 5.41) is 13.9. The van der Waals surface area contributed by atoms with Crippen molar-refractivity contribution in [3.8, 4) is 0 Å². The highest BCUT2D eigenvalue weighted by atomic mass is 79.9. The summed E-state index contributed by atoms with van der Waals surface area (Å²) in [6.45, 7) is 5.54. The molecule has 22 heavy (non-hydrogen) atoms. The molecule has 3 rings (SSSR count). The van der Waals surface area contributed by atoms with E-state index in [4.69, 9.17) is 0 Å². The Morgan fingerprint density at radius 3 is 2.50 bits per heavy atom. The number of thiazole rings is 1. The van der Waals surface area contributed by atoms with E-state index in [1.165, 1.54) is 0 Å². The van der Waals surface area contributed by atoms with Gasteiger partial charge in [0.2, 0.25) is 0 Å². The Balaban J connectivity index is 1.70. The van der Waals surface area contributed by atoms with Gasteiger partial charge in [-0.2, -0.15) is 0 Å². The van der Waals surface area contributed by atoms with Crippen LogP contribution in [-0.4, -0.2) is 36.1 Å². The molecule has 0 spiro atoms. The zero-order chi connectivity index (χ0) is 15.7. The molecule has 116 valence electrons. The number of piperazine rings is 1. The standard InChI is InChI=1S/C14H15BrN4O2S/c1-10-9-22-14(16-10)18-6-4-17(5-7-18)13-3-2-11(19(20)21)8-12(13)15/h2-3,8-9H,4-7H2,1H3. The van der Waals surface area contributed by atoms with E-state index in [-0.39, 0.29) is 10.6 Å². The molecular formula is C14H15BrN4O2S. The van der Waals surface area contributed by atoms with Gasteiger partial charge in [-0.1, -0.05) is 0 Å². The molecule has 0 bridgehead atoms. The van der Waals surface area contributed by atoms with Crippen LogP contribution in [0.1, 0.15) is 5.69 Å². The molecular weight excluding hydrogens is 368 g/mol. The van der Waals surface area contributed by atoms with Gasteiger partial charge >= 0.3 is 0 Å². The summed E-state index contributed by atoms with van der Waals surface area (Å²) < 4.78 is 0.764. The number of aromatic nitrogens is 1. The molecule has 2 aromatic rings. The third-order valence-electron chi connectivity index (χ3n) is 3.64. The summed E-state index contributed by atoms with van der Waals surface area (Å²) in [4.78, 5) is 19.5. The monoisotopic (exact) mass is 382 g/mol. The van der Waals surface area contributed by atoms with E-state index in [1.54, 1.807) is 23.5 Å². The first-order chi connectivity index (χ1) is 10.5. The highest BCUT2D eigenvalue weighted by Crippen LogP contribution is 2.31. The first-order valence-electron chi connectivity index (χ1n) is 6.90. The number of non-ortho nitro benzene ring substituents is 1. The quantitative estimate of drug-likeness (QED) is 0.600. The Bertz CT molecular complexity index is 698. The second kappa shape index (κ2) is 6.21. The minimum atomic E-state index is -0.378. The third-order valence-corrected chi connectivity index (χ3v) is 5.29. The molecule has 0 atom stereocenters. The second-order valence-corrected chi connectivity index (χ2v) is 6.83. The number of nitro groups is 1. The number of hydrogen-bond acceptors (Lipinski definition) is 6. The fourth-order valence-electron chi connectivity index (χ4n) is 2.49. The zero-order valence-corrected chi connectivity index (χ0v) is 14.4. The van der Waals surface area contributed by atoms with Crippen LogP contribution in [0.2, 0.25) is 0 Å². The predicted octanol–water partition coefficient (Wildman–Crippen LogP) is 3.45. The number of aryl methyl sites for hydroxylation is 1. The lowest BCUT2D eigenvalue weighted by Crippen LogP contribution is -2.46. The molecule has 8 heteroatoms. The van der Waals surface area contributed by atoms with E-state index in [0.717, 1.165) is 47.2 Å². The van der Waals surface area contributed by atoms with Crippen LogP contribution < -0.4 is 9.80 Å². The summed E-state index contributed by atoms with van der Waals surface area (Å²) >= 11 is 5.12. The lowest BCUT2D eigenvalue weighted by molar-refractivity contribution is -0.384. The van der Waals surface area contributed by atoms with Crippen molar-refractivity contribution < 1.29 is 4.92 Å². The molecule has 1 aromatic carbocycles. The molecule has 2 heterocycles. The van der Waals surface area contributed by atoms with Crippen LogP contribution in [-0.2, 0) is 0 Å². The van der Waals surface area contributed by atoms with Crippen LogP contribution in [0.15, 0.2) is 28.1 Å². The van der Waals surface area contributed by atoms with Crippen molar-refractivity contribution in [3.05, 3.63) is 43.9 Å². The van der Waals surface area contributed by atoms with Crippen molar-refractivity contribution in [3.63, 3.8) is 0 Å². The molecule has 0 aliphatic carbocycles. The highest BCUT2D eigenvalue weighted by molar-refractivity contribution is 9.10. The number of anilines is 2. The minimum Gasteiger partial charge on any atom is -0.367 e. The number of benzene rings is 1. The van der Waals surface area contributed by atoms with Crippen LogP contribution in [0.4, 0.5) is 16.5 Å². The summed E-state index contributed by atoms with van der Waals surface area (Å²) in [7, 11) is 0. The van der Waals surface area contributed by atoms with Crippen molar-refractivity contribution >= 4 is 43.8 Å². The van der Waals surface area contributed by atoms with Crippen LogP contribution in [0.3, 0.4) is 0 Å². The second-order valence-electron chi connectivity index (χ2n) is 5.14. The molecule has 1 saturated heterocycles. The van der Waals surface area contributed by atoms with Crippen LogP contribution in [0.5, 0.6) is 0 Å². The van der Waals surface area contributed by atoms with Crippen molar-refractivity contribution in [1.82, 2.24) is 4.98 Å². The Labute approximate surface area is 140 Å². The van der Waals surface area contributed by atoms with Gasteiger partial charge in [-0.25, -0.2) is 4.98 Å². The van der Waals surface area contributed by atoms with Gasteiger partial charge in [0.25, 0.3) is 5.69 Å². The average Bonchev–Trinajstić information content (AvgIpc) is 2.94. The number of nitrogens with zero attached hydrogens (tertiary/aromatic N) is 4. The third kappa shape index (κ3) is 3.07. The SMILES string of the molecule is Cc1csc(N2CCN(c3ccc([N+](=O)[O-])cc3Br)CC2)n1. The molecule has 0 radical (unpaired) electrons. The molecule has 0 saturated carbocycles. The summed E-state index contributed by atoms with van der Waals surface area (Å²) in [6, 6.07) is 4.92. The van der Waals surface area contributed by atoms with E-state index >= 15 is 0 Å². The molecule has 1 aliphatic rings. The van der Waals surface area contributed by atoms with E-state index in [2.05, 4.69) is 36.1 Å². The molecule has 1 aromatic heterocycles. The average molecular weight is 383 g/mol. The normalized spacial score (nSPS) is 15.2. The van der Waals surface area contributed by atoms with E-state index in [0.29, 0.717) is 0 Å². The van der Waals surface area contributed by atoms with Crippen molar-refractivity contribution in [1.29, 1.82) is 0 Å². The van der Waals surface area contributed by atoms with E-state index in [9.17, 15) is 10.1 Å². The van der Waals surface area contributed by atoms with E-state index < -0.39 is 0 Å². The van der Waals surface area contributed by atoms with Gasteiger partial charge in [-0.05, 0) is 28.9 Å². The van der Waals surface area contributed by atoms with Gasteiger partial charge < -0.3 is 9.80 Å². The Morgan fingerprint density at radius 1 is 1.27 bits per heavy atom. The Hall–Kier alpha value is -1.67. The Kier molecular flexibility index (Phi) is 4.30. The molecule has 1 aliphatic heterocycles. The highest BCUT2D eigenvalue weighted by Gasteiger charge is 2.21. The fraction of sp³-hybridized carbons (Fsp3) is 0.357. The predicted molar refractivity (Wildman–Crippen MR) is 92.1 cm³/mol. The maximum Gasteiger partial charge on any atom is 0.270 e. The van der Waals surface area contributed by atoms with Gasteiger partial charge in [0.05, 0.1) is 16.3 Å². The van der Waals surface area contributed by atoms with Gasteiger partial charge in [0.15, 0.2) is 5.13 Å². The zero-order valence-electron chi connectivity index (χ0n) is 12.0. The van der Waals surface area contributed by atoms with Gasteiger partial charge in [0.1, 0.15) is 0 Å². The summed E-state index contributed by atoms with van der Waals surface area (Å²) in [6.07, 6.45) is 0. The number of hydrogen-bond donors (Lipinski definition) is 0. The summed E-state index contributed by atoms with van der Waals surface area (Å²) in [5.74, 6) is 0. The maximum absolute atomic E-state index is 10.8. The van der Waals surface area contributed by atoms with Crippen LogP contribution in [0, 0.1) is 17.0 Å². The lowest BCUT2D eigenvalue weighted by atomic mass is 10.2. The van der Waals surface area contributed by atoms with Crippen LogP contribution >= 0.6 is 27.3 Å². The largest absolute Gasteiger partial charge is 0.367 e. The van der Waals surface area contributed by atoms with Crippen molar-refractivity contribution in [2.24, 2.45) is 0 Å². The number of halogens is 1. The maximum atomic E-state index is 10.8. The fourth-order valence-corrected chi connectivity index (χ4v) is 3.97. The first kappa shape index (κ1) is 15.2. The van der Waals surface area contributed by atoms with Crippen molar-refractivity contribution in [2.75, 3.05) is 36.0 Å². The molecule has 0 N–H and O–H groups in total. The van der Waals surface area contributed by atoms with Gasteiger partial charge in [0, 0.05) is 48.2 Å². The molecule has 6 nitrogen and oxygen atoms in total. The minimum absolute atomic E-state index is 0.104. The van der Waals surface area contributed by atoms with Gasteiger partial charge in [-0.3, -0.25) is 10.1 Å². The smallest absolute Gasteiger partial charge is 0.270 e. The van der Waals surface area contributed by atoms with Gasteiger partial charge in [-0.15, -0.1) is 11.3 Å². The summed E-state index contributed by atoms with van der Waals surface area (Å²) in [5.41, 5.74) is 2.16.